The molecule has 0 aliphatic carbocycles. The van der Waals surface area contributed by atoms with Crippen molar-refractivity contribution >= 4 is 60.3 Å². The topological polar surface area (TPSA) is 186 Å². The number of fused-ring (bicyclic) bond motifs is 1. The molecule has 0 spiro atoms. The van der Waals surface area contributed by atoms with Crippen molar-refractivity contribution in [2.24, 2.45) is 0 Å². The van der Waals surface area contributed by atoms with Crippen LogP contribution in [0.4, 0.5) is 16.8 Å². The van der Waals surface area contributed by atoms with Gasteiger partial charge in [-0.2, -0.15) is 0 Å². The molecule has 1 amide bonds. The van der Waals surface area contributed by atoms with Crippen LogP contribution in [0.5, 0.6) is 0 Å². The summed E-state index contributed by atoms with van der Waals surface area (Å²) in [7, 11) is -3.92. The first kappa shape index (κ1) is 25.5. The van der Waals surface area contributed by atoms with Crippen LogP contribution >= 0.6 is 11.3 Å². The van der Waals surface area contributed by atoms with E-state index in [-0.39, 0.29) is 10.8 Å². The Labute approximate surface area is 221 Å². The highest BCUT2D eigenvalue weighted by molar-refractivity contribution is 7.93. The van der Waals surface area contributed by atoms with Crippen LogP contribution in [0, 0.1) is 0 Å². The van der Waals surface area contributed by atoms with E-state index in [1.54, 1.807) is 18.2 Å². The minimum absolute atomic E-state index is 0.0397. The molecule has 5 rings (SSSR count). The molecule has 0 radical (unpaired) electrons. The Balaban J connectivity index is 1.47. The van der Waals surface area contributed by atoms with Crippen molar-refractivity contribution in [1.29, 1.82) is 0 Å². The quantitative estimate of drug-likeness (QED) is 0.148. The molecule has 1 aliphatic heterocycles. The Hall–Kier alpha value is -4.18. The van der Waals surface area contributed by atoms with E-state index in [4.69, 9.17) is 20.7 Å². The van der Waals surface area contributed by atoms with Gasteiger partial charge in [-0.1, -0.05) is 12.1 Å². The van der Waals surface area contributed by atoms with Crippen molar-refractivity contribution in [3.8, 4) is 11.4 Å². The molecule has 1 aromatic carbocycles. The van der Waals surface area contributed by atoms with Gasteiger partial charge in [-0.15, -0.1) is 11.3 Å². The maximum absolute atomic E-state index is 13.1. The van der Waals surface area contributed by atoms with Gasteiger partial charge in [0.1, 0.15) is 5.00 Å². The number of morpholine rings is 1. The van der Waals surface area contributed by atoms with Crippen LogP contribution in [-0.4, -0.2) is 65.8 Å². The highest BCUT2D eigenvalue weighted by Gasteiger charge is 2.22. The lowest BCUT2D eigenvalue weighted by Gasteiger charge is -2.28. The summed E-state index contributed by atoms with van der Waals surface area (Å²) < 4.78 is 35.0. The molecule has 0 unspecified atom stereocenters. The maximum Gasteiger partial charge on any atom is 0.267 e. The number of sulfonamides is 1. The molecule has 0 bridgehead atoms. The van der Waals surface area contributed by atoms with Gasteiger partial charge < -0.3 is 15.4 Å². The smallest absolute Gasteiger partial charge is 0.267 e. The van der Waals surface area contributed by atoms with E-state index in [0.29, 0.717) is 59.6 Å². The van der Waals surface area contributed by atoms with E-state index in [2.05, 4.69) is 24.6 Å². The number of rotatable bonds is 7. The number of anilines is 3. The lowest BCUT2D eigenvalue weighted by atomic mass is 10.2. The number of aromatic nitrogens is 4. The van der Waals surface area contributed by atoms with Gasteiger partial charge in [0, 0.05) is 31.6 Å². The number of nitrogens with zero attached hydrogens (tertiary/aromatic N) is 5. The zero-order valence-corrected chi connectivity index (χ0v) is 21.4. The second kappa shape index (κ2) is 10.7. The summed E-state index contributed by atoms with van der Waals surface area (Å²) in [5.74, 6) is 0.503. The number of amides is 1. The fourth-order valence-electron chi connectivity index (χ4n) is 3.70. The van der Waals surface area contributed by atoms with Crippen LogP contribution < -0.4 is 20.8 Å². The van der Waals surface area contributed by atoms with Crippen molar-refractivity contribution in [3.63, 3.8) is 0 Å². The van der Waals surface area contributed by atoms with Gasteiger partial charge in [0.25, 0.3) is 15.9 Å². The molecular weight excluding hydrogens is 532 g/mol. The summed E-state index contributed by atoms with van der Waals surface area (Å²) in [5, 5.41) is 8.94. The van der Waals surface area contributed by atoms with Gasteiger partial charge in [-0.05, 0) is 29.8 Å². The van der Waals surface area contributed by atoms with Crippen LogP contribution in [-0.2, 0) is 19.6 Å². The van der Waals surface area contributed by atoms with Gasteiger partial charge in [0.2, 0.25) is 5.95 Å². The lowest BCUT2D eigenvalue weighted by molar-refractivity contribution is -0.124. The van der Waals surface area contributed by atoms with Crippen molar-refractivity contribution < 1.29 is 23.2 Å². The number of benzene rings is 1. The predicted octanol–water partition coefficient (Wildman–Crippen LogP) is 1.89. The first-order valence-electron chi connectivity index (χ1n) is 11.3. The highest BCUT2D eigenvalue weighted by Crippen LogP contribution is 2.37. The van der Waals surface area contributed by atoms with Crippen LogP contribution in [0.1, 0.15) is 5.56 Å². The number of ether oxygens (including phenoxy) is 1. The Bertz CT molecular complexity index is 1600. The Morgan fingerprint density at radius 1 is 1.13 bits per heavy atom. The van der Waals surface area contributed by atoms with Crippen molar-refractivity contribution in [1.82, 2.24) is 25.4 Å². The van der Waals surface area contributed by atoms with Crippen molar-refractivity contribution in [2.75, 3.05) is 41.7 Å². The predicted molar refractivity (Wildman–Crippen MR) is 142 cm³/mol. The number of hydrogen-bond acceptors (Lipinski definition) is 12. The van der Waals surface area contributed by atoms with Crippen LogP contribution in [0.2, 0.25) is 0 Å². The van der Waals surface area contributed by atoms with Crippen molar-refractivity contribution in [2.45, 2.75) is 4.90 Å². The summed E-state index contributed by atoms with van der Waals surface area (Å²) in [6, 6.07) is 7.59. The van der Waals surface area contributed by atoms with Crippen molar-refractivity contribution in [3.05, 3.63) is 54.4 Å². The third-order valence-electron chi connectivity index (χ3n) is 5.56. The number of carbonyl (C=O) groups excluding carboxylic acids is 1. The molecule has 3 aromatic heterocycles. The Morgan fingerprint density at radius 3 is 2.53 bits per heavy atom. The van der Waals surface area contributed by atoms with Crippen LogP contribution in [0.3, 0.4) is 0 Å². The van der Waals surface area contributed by atoms with E-state index in [0.717, 1.165) is 10.8 Å². The third kappa shape index (κ3) is 5.55. The number of nitrogens with two attached hydrogens (primary N) is 1. The number of thiophene rings is 1. The summed E-state index contributed by atoms with van der Waals surface area (Å²) in [6.45, 7) is 2.35. The molecule has 13 nitrogen and oxygen atoms in total. The average Bonchev–Trinajstić information content (AvgIpc) is 3.33. The minimum Gasteiger partial charge on any atom is -0.378 e. The van der Waals surface area contributed by atoms with E-state index < -0.39 is 15.9 Å². The second-order valence-electron chi connectivity index (χ2n) is 8.11. The maximum atomic E-state index is 13.1. The first-order valence-corrected chi connectivity index (χ1v) is 13.6. The SMILES string of the molecule is Nc1ncc(-c2nc(N3CCOCC3)c3sc(NS(=O)(=O)c4ccc(C=CC(=O)NO)cc4)cc3n2)cn1. The van der Waals surface area contributed by atoms with E-state index in [1.807, 2.05) is 0 Å². The number of hydroxylamine groups is 1. The lowest BCUT2D eigenvalue weighted by Crippen LogP contribution is -2.36. The summed E-state index contributed by atoms with van der Waals surface area (Å²) >= 11 is 1.23. The number of nitrogen functional groups attached to an aromatic ring is 1. The Morgan fingerprint density at radius 2 is 1.84 bits per heavy atom. The molecule has 15 heteroatoms. The number of carbonyl (C=O) groups is 1. The Kier molecular flexibility index (Phi) is 7.15. The largest absolute Gasteiger partial charge is 0.378 e. The van der Waals surface area contributed by atoms with Gasteiger partial charge in [-0.3, -0.25) is 14.7 Å². The second-order valence-corrected chi connectivity index (χ2v) is 10.8. The van der Waals surface area contributed by atoms with Gasteiger partial charge in [0.05, 0.1) is 33.9 Å². The summed E-state index contributed by atoms with van der Waals surface area (Å²) in [6.07, 6.45) is 5.64. The first-order chi connectivity index (χ1) is 18.3. The molecule has 38 heavy (non-hydrogen) atoms. The molecule has 0 atom stereocenters. The molecule has 4 aromatic rings. The van der Waals surface area contributed by atoms with Crippen LogP contribution in [0.25, 0.3) is 27.7 Å². The molecule has 5 N–H and O–H groups in total. The summed E-state index contributed by atoms with van der Waals surface area (Å²) in [5.41, 5.74) is 8.83. The standard InChI is InChI=1S/C23H22N8O5S2/c24-23-25-12-15(13-26-23)21-27-17-11-19(37-20(17)22(28-21)31-7-9-36-10-8-31)30-38(34,35)16-4-1-14(2-5-16)3-6-18(32)29-33/h1-6,11-13,30,33H,7-10H2,(H,29,32)(H2,24,25,26). The highest BCUT2D eigenvalue weighted by atomic mass is 32.2. The molecule has 196 valence electrons. The molecule has 0 saturated carbocycles. The van der Waals surface area contributed by atoms with Gasteiger partial charge >= 0.3 is 0 Å². The zero-order valence-electron chi connectivity index (χ0n) is 19.7. The van der Waals surface area contributed by atoms with Gasteiger partial charge in [-0.25, -0.2) is 33.8 Å². The monoisotopic (exact) mass is 554 g/mol. The normalized spacial score (nSPS) is 14.2. The van der Waals surface area contributed by atoms with E-state index >= 15 is 0 Å². The summed E-state index contributed by atoms with van der Waals surface area (Å²) in [4.78, 5) is 30.7. The fourth-order valence-corrected chi connectivity index (χ4v) is 5.99. The number of nitrogens with one attached hydrogen (secondary N) is 2. The van der Waals surface area contributed by atoms with Gasteiger partial charge in [0.15, 0.2) is 11.6 Å². The fraction of sp³-hybridized carbons (Fsp3) is 0.174. The molecular formula is C23H22N8O5S2. The molecule has 1 fully saturated rings. The molecule has 1 saturated heterocycles. The number of hydrogen-bond donors (Lipinski definition) is 4. The minimum atomic E-state index is -3.92. The zero-order chi connectivity index (χ0) is 26.7. The van der Waals surface area contributed by atoms with E-state index in [1.165, 1.54) is 47.4 Å². The third-order valence-corrected chi connectivity index (χ3v) is 8.10. The van der Waals surface area contributed by atoms with Crippen LogP contribution in [0.15, 0.2) is 53.7 Å². The molecule has 1 aliphatic rings. The average molecular weight is 555 g/mol. The molecule has 4 heterocycles. The van der Waals surface area contributed by atoms with E-state index in [9.17, 15) is 13.2 Å².